The number of halogens is 1. The van der Waals surface area contributed by atoms with Gasteiger partial charge in [0.15, 0.2) is 0 Å². The van der Waals surface area contributed by atoms with E-state index in [0.29, 0.717) is 9.92 Å². The van der Waals surface area contributed by atoms with Gasteiger partial charge >= 0.3 is 0 Å². The van der Waals surface area contributed by atoms with Crippen LogP contribution in [0.25, 0.3) is 0 Å². The maximum absolute atomic E-state index is 12.1. The van der Waals surface area contributed by atoms with Crippen LogP contribution in [0.2, 0.25) is 5.02 Å². The molecule has 0 bridgehead atoms. The molecule has 0 fully saturated rings. The Kier molecular flexibility index (Phi) is 6.25. The van der Waals surface area contributed by atoms with Crippen LogP contribution in [0.5, 0.6) is 0 Å². The quantitative estimate of drug-likeness (QED) is 0.729. The molecule has 3 amide bonds. The van der Waals surface area contributed by atoms with E-state index < -0.39 is 11.8 Å². The number of nitrogens with one attached hydrogen (secondary N) is 2. The summed E-state index contributed by atoms with van der Waals surface area (Å²) < 4.78 is 0. The van der Waals surface area contributed by atoms with E-state index in [2.05, 4.69) is 10.6 Å². The summed E-state index contributed by atoms with van der Waals surface area (Å²) in [4.78, 5) is 35.2. The second kappa shape index (κ2) is 7.51. The van der Waals surface area contributed by atoms with Crippen LogP contribution in [0, 0.1) is 0 Å². The maximum atomic E-state index is 12.1. The van der Waals surface area contributed by atoms with Gasteiger partial charge in [0.25, 0.3) is 11.1 Å². The lowest BCUT2D eigenvalue weighted by Gasteiger charge is -2.20. The molecule has 0 atom stereocenters. The summed E-state index contributed by atoms with van der Waals surface area (Å²) in [5.41, 5.74) is 4.81. The zero-order valence-corrected chi connectivity index (χ0v) is 14.1. The molecule has 0 aliphatic carbocycles. The number of primary amides is 1. The third-order valence-corrected chi connectivity index (χ3v) is 3.39. The van der Waals surface area contributed by atoms with Crippen LogP contribution in [0.3, 0.4) is 0 Å². The van der Waals surface area contributed by atoms with Crippen molar-refractivity contribution in [2.24, 2.45) is 5.73 Å². The van der Waals surface area contributed by atoms with Gasteiger partial charge in [0.1, 0.15) is 0 Å². The average molecular weight is 344 g/mol. The molecule has 0 aliphatic heterocycles. The Labute approximate surface area is 138 Å². The highest BCUT2D eigenvalue weighted by Crippen LogP contribution is 2.27. The van der Waals surface area contributed by atoms with Crippen molar-refractivity contribution >= 4 is 40.4 Å². The highest BCUT2D eigenvalue weighted by molar-refractivity contribution is 8.13. The molecule has 0 aromatic heterocycles. The first-order valence-corrected chi connectivity index (χ1v) is 7.64. The van der Waals surface area contributed by atoms with Gasteiger partial charge in [-0.25, -0.2) is 0 Å². The number of benzene rings is 1. The number of nitrogens with two attached hydrogens (primary N) is 1. The minimum Gasteiger partial charge on any atom is -0.368 e. The normalized spacial score (nSPS) is 10.9. The zero-order chi connectivity index (χ0) is 16.9. The van der Waals surface area contributed by atoms with Crippen LogP contribution in [0.4, 0.5) is 4.79 Å². The van der Waals surface area contributed by atoms with E-state index in [4.69, 9.17) is 17.3 Å². The second-order valence-electron chi connectivity index (χ2n) is 5.55. The van der Waals surface area contributed by atoms with Crippen molar-refractivity contribution in [3.05, 3.63) is 28.8 Å². The molecule has 0 radical (unpaired) electrons. The van der Waals surface area contributed by atoms with Gasteiger partial charge in [-0.1, -0.05) is 11.6 Å². The largest absolute Gasteiger partial charge is 0.368 e. The fourth-order valence-corrected chi connectivity index (χ4v) is 2.59. The Bertz CT molecular complexity index is 599. The number of hydrogen-bond acceptors (Lipinski definition) is 4. The van der Waals surface area contributed by atoms with Crippen LogP contribution in [-0.4, -0.2) is 29.1 Å². The number of rotatable bonds is 4. The Morgan fingerprint density at radius 2 is 1.91 bits per heavy atom. The highest BCUT2D eigenvalue weighted by atomic mass is 35.5. The molecule has 0 unspecified atom stereocenters. The van der Waals surface area contributed by atoms with Gasteiger partial charge in [0.05, 0.1) is 12.1 Å². The van der Waals surface area contributed by atoms with E-state index >= 15 is 0 Å². The first kappa shape index (κ1) is 18.3. The standard InChI is InChI=1S/C14H18ClN3O3S/c1-14(2,3)18-13(21)22-10-5-4-8(15)6-9(10)12(20)17-7-11(16)19/h4-6H,7H2,1-3H3,(H2,16,19)(H,17,20)(H,18,21). The minimum atomic E-state index is -0.657. The Morgan fingerprint density at radius 1 is 1.27 bits per heavy atom. The minimum absolute atomic E-state index is 0.211. The molecule has 22 heavy (non-hydrogen) atoms. The van der Waals surface area contributed by atoms with Gasteiger partial charge in [0, 0.05) is 15.5 Å². The monoisotopic (exact) mass is 343 g/mol. The lowest BCUT2D eigenvalue weighted by atomic mass is 10.1. The molecule has 8 heteroatoms. The highest BCUT2D eigenvalue weighted by Gasteiger charge is 2.19. The second-order valence-corrected chi connectivity index (χ2v) is 7.01. The van der Waals surface area contributed by atoms with Crippen LogP contribution in [0.1, 0.15) is 31.1 Å². The molecule has 0 saturated carbocycles. The molecular weight excluding hydrogens is 326 g/mol. The molecule has 0 heterocycles. The number of thioether (sulfide) groups is 1. The summed E-state index contributed by atoms with van der Waals surface area (Å²) in [6, 6.07) is 4.60. The first-order valence-electron chi connectivity index (χ1n) is 6.44. The molecule has 6 nitrogen and oxygen atoms in total. The number of carbonyl (C=O) groups is 3. The summed E-state index contributed by atoms with van der Waals surface area (Å²) in [6.45, 7) is 5.28. The predicted octanol–water partition coefficient (Wildman–Crippen LogP) is 2.16. The van der Waals surface area contributed by atoms with Crippen molar-refractivity contribution in [1.82, 2.24) is 10.6 Å². The summed E-state index contributed by atoms with van der Waals surface area (Å²) in [5, 5.41) is 5.21. The average Bonchev–Trinajstić information content (AvgIpc) is 2.35. The SMILES string of the molecule is CC(C)(C)NC(=O)Sc1ccc(Cl)cc1C(=O)NCC(N)=O. The summed E-state index contributed by atoms with van der Waals surface area (Å²) in [5.74, 6) is -1.18. The van der Waals surface area contributed by atoms with E-state index in [9.17, 15) is 14.4 Å². The zero-order valence-electron chi connectivity index (χ0n) is 12.5. The first-order chi connectivity index (χ1) is 10.1. The van der Waals surface area contributed by atoms with Crippen LogP contribution in [-0.2, 0) is 4.79 Å². The van der Waals surface area contributed by atoms with Gasteiger partial charge in [-0.15, -0.1) is 0 Å². The fourth-order valence-electron chi connectivity index (χ4n) is 1.46. The lowest BCUT2D eigenvalue weighted by molar-refractivity contribution is -0.117. The fraction of sp³-hybridized carbons (Fsp3) is 0.357. The topological polar surface area (TPSA) is 101 Å². The number of amides is 3. The van der Waals surface area contributed by atoms with Crippen molar-refractivity contribution in [2.45, 2.75) is 31.2 Å². The van der Waals surface area contributed by atoms with E-state index in [1.54, 1.807) is 12.1 Å². The molecule has 1 aromatic carbocycles. The molecular formula is C14H18ClN3O3S. The molecule has 4 N–H and O–H groups in total. The van der Waals surface area contributed by atoms with Gasteiger partial charge < -0.3 is 16.4 Å². The maximum Gasteiger partial charge on any atom is 0.284 e. The molecule has 1 rings (SSSR count). The lowest BCUT2D eigenvalue weighted by Crippen LogP contribution is -2.38. The Hall–Kier alpha value is -1.73. The summed E-state index contributed by atoms with van der Waals surface area (Å²) in [7, 11) is 0. The van der Waals surface area contributed by atoms with Gasteiger partial charge in [0.2, 0.25) is 5.91 Å². The molecule has 120 valence electrons. The third-order valence-electron chi connectivity index (χ3n) is 2.29. The van der Waals surface area contributed by atoms with Crippen molar-refractivity contribution in [3.8, 4) is 0 Å². The van der Waals surface area contributed by atoms with Crippen molar-refractivity contribution in [3.63, 3.8) is 0 Å². The number of carbonyl (C=O) groups excluding carboxylic acids is 3. The van der Waals surface area contributed by atoms with Crippen molar-refractivity contribution < 1.29 is 14.4 Å². The van der Waals surface area contributed by atoms with Gasteiger partial charge in [-0.3, -0.25) is 14.4 Å². The molecule has 0 spiro atoms. The van der Waals surface area contributed by atoms with E-state index in [1.807, 2.05) is 20.8 Å². The van der Waals surface area contributed by atoms with E-state index in [0.717, 1.165) is 11.8 Å². The van der Waals surface area contributed by atoms with Gasteiger partial charge in [-0.05, 0) is 50.7 Å². The molecule has 0 saturated heterocycles. The third kappa shape index (κ3) is 6.36. The van der Waals surface area contributed by atoms with Crippen LogP contribution < -0.4 is 16.4 Å². The summed E-state index contributed by atoms with van der Waals surface area (Å²) >= 11 is 6.77. The van der Waals surface area contributed by atoms with Crippen LogP contribution >= 0.6 is 23.4 Å². The number of hydrogen-bond donors (Lipinski definition) is 3. The summed E-state index contributed by atoms with van der Waals surface area (Å²) in [6.07, 6.45) is 0. The predicted molar refractivity (Wildman–Crippen MR) is 87.1 cm³/mol. The van der Waals surface area contributed by atoms with Crippen molar-refractivity contribution in [1.29, 1.82) is 0 Å². The van der Waals surface area contributed by atoms with E-state index in [-0.39, 0.29) is 22.9 Å². The smallest absolute Gasteiger partial charge is 0.284 e. The van der Waals surface area contributed by atoms with Gasteiger partial charge in [-0.2, -0.15) is 0 Å². The Balaban J connectivity index is 2.93. The van der Waals surface area contributed by atoms with E-state index in [1.165, 1.54) is 6.07 Å². The molecule has 0 aliphatic rings. The van der Waals surface area contributed by atoms with Crippen LogP contribution in [0.15, 0.2) is 23.1 Å². The molecule has 1 aromatic rings. The Morgan fingerprint density at radius 3 is 2.45 bits per heavy atom. The van der Waals surface area contributed by atoms with Crippen molar-refractivity contribution in [2.75, 3.05) is 6.54 Å².